The molecule has 0 bridgehead atoms. The molecule has 0 aliphatic carbocycles. The molecule has 8 heavy (non-hydrogen) atoms. The Balaban J connectivity index is 2.13. The van der Waals surface area contributed by atoms with Crippen molar-refractivity contribution < 1.29 is 4.74 Å². The number of rotatable bonds is 1. The first-order valence-electron chi connectivity index (χ1n) is 2.74. The predicted molar refractivity (Wildman–Crippen MR) is 32.3 cm³/mol. The van der Waals surface area contributed by atoms with E-state index in [1.54, 1.807) is 0 Å². The molecule has 1 aliphatic rings. The van der Waals surface area contributed by atoms with Crippen molar-refractivity contribution >= 4 is 11.6 Å². The summed E-state index contributed by atoms with van der Waals surface area (Å²) in [6, 6.07) is 0.255. The van der Waals surface area contributed by atoms with E-state index in [1.807, 2.05) is 0 Å². The molecule has 47 valence electrons. The van der Waals surface area contributed by atoms with Crippen molar-refractivity contribution in [1.82, 2.24) is 5.32 Å². The Bertz CT molecular complexity index is 63.4. The van der Waals surface area contributed by atoms with Gasteiger partial charge in [-0.3, -0.25) is 0 Å². The molecule has 1 atom stereocenters. The van der Waals surface area contributed by atoms with E-state index in [0.717, 1.165) is 13.2 Å². The van der Waals surface area contributed by atoms with E-state index in [-0.39, 0.29) is 6.04 Å². The third-order valence-corrected chi connectivity index (χ3v) is 1.47. The molecule has 0 amide bonds. The largest absolute Gasteiger partial charge is 0.378 e. The van der Waals surface area contributed by atoms with E-state index in [2.05, 4.69) is 5.32 Å². The molecular formula is C5H9ClNO. The third kappa shape index (κ3) is 1.62. The zero-order valence-electron chi connectivity index (χ0n) is 4.64. The number of halogens is 1. The lowest BCUT2D eigenvalue weighted by atomic mass is 10.3. The Morgan fingerprint density at radius 3 is 3.00 bits per heavy atom. The van der Waals surface area contributed by atoms with E-state index >= 15 is 0 Å². The summed E-state index contributed by atoms with van der Waals surface area (Å²) in [7, 11) is 0. The van der Waals surface area contributed by atoms with Gasteiger partial charge in [-0.1, -0.05) is 0 Å². The van der Waals surface area contributed by atoms with Gasteiger partial charge in [-0.05, 0) is 0 Å². The molecule has 0 aromatic rings. The van der Waals surface area contributed by atoms with Gasteiger partial charge in [-0.15, -0.1) is 11.6 Å². The zero-order valence-corrected chi connectivity index (χ0v) is 5.40. The van der Waals surface area contributed by atoms with Crippen LogP contribution in [0.4, 0.5) is 0 Å². The van der Waals surface area contributed by atoms with Crippen LogP contribution in [0.5, 0.6) is 0 Å². The second-order valence-corrected chi connectivity index (χ2v) is 2.10. The van der Waals surface area contributed by atoms with Gasteiger partial charge in [-0.25, -0.2) is 5.32 Å². The van der Waals surface area contributed by atoms with Crippen LogP contribution in [0, 0.1) is 0 Å². The molecule has 1 saturated heterocycles. The molecule has 0 aromatic carbocycles. The molecule has 0 saturated carbocycles. The molecule has 1 radical (unpaired) electrons. The summed E-state index contributed by atoms with van der Waals surface area (Å²) in [5, 5.41) is 4.19. The first kappa shape index (κ1) is 6.33. The van der Waals surface area contributed by atoms with Crippen LogP contribution >= 0.6 is 11.6 Å². The highest BCUT2D eigenvalue weighted by Gasteiger charge is 2.11. The number of hydrogen-bond acceptors (Lipinski definition) is 1. The monoisotopic (exact) mass is 134 g/mol. The smallest absolute Gasteiger partial charge is 0.0648 e. The third-order valence-electron chi connectivity index (χ3n) is 1.11. The quantitative estimate of drug-likeness (QED) is 0.471. The van der Waals surface area contributed by atoms with Crippen LogP contribution in [-0.2, 0) is 4.74 Å². The van der Waals surface area contributed by atoms with Crippen molar-refractivity contribution in [2.24, 2.45) is 0 Å². The predicted octanol–water partition coefficient (Wildman–Crippen LogP) is 0.228. The van der Waals surface area contributed by atoms with Crippen molar-refractivity contribution in [3.63, 3.8) is 0 Å². The molecular weight excluding hydrogens is 126 g/mol. The number of ether oxygens (including phenoxy) is 1. The van der Waals surface area contributed by atoms with Crippen molar-refractivity contribution in [3.8, 4) is 0 Å². The number of hydrogen-bond donors (Lipinski definition) is 0. The SMILES string of the molecule is ClCC1COCC[N]1. The minimum absolute atomic E-state index is 0.255. The van der Waals surface area contributed by atoms with Gasteiger partial charge in [0.15, 0.2) is 0 Å². The minimum atomic E-state index is 0.255. The van der Waals surface area contributed by atoms with Gasteiger partial charge in [0, 0.05) is 12.4 Å². The molecule has 2 nitrogen and oxygen atoms in total. The van der Waals surface area contributed by atoms with Gasteiger partial charge >= 0.3 is 0 Å². The molecule has 3 heteroatoms. The lowest BCUT2D eigenvalue weighted by Crippen LogP contribution is -2.36. The highest BCUT2D eigenvalue weighted by atomic mass is 35.5. The standard InChI is InChI=1S/C5H9ClNO/c6-3-5-4-8-2-1-7-5/h5H,1-4H2. The molecule has 1 unspecified atom stereocenters. The highest BCUT2D eigenvalue weighted by Crippen LogP contribution is 1.95. The summed E-state index contributed by atoms with van der Waals surface area (Å²) < 4.78 is 5.09. The number of alkyl halides is 1. The van der Waals surface area contributed by atoms with Crippen LogP contribution in [0.25, 0.3) is 0 Å². The fourth-order valence-electron chi connectivity index (χ4n) is 0.665. The van der Waals surface area contributed by atoms with Crippen molar-refractivity contribution in [3.05, 3.63) is 0 Å². The van der Waals surface area contributed by atoms with E-state index in [1.165, 1.54) is 0 Å². The minimum Gasteiger partial charge on any atom is -0.378 e. The maximum Gasteiger partial charge on any atom is 0.0648 e. The summed E-state index contributed by atoms with van der Waals surface area (Å²) in [6.07, 6.45) is 0. The van der Waals surface area contributed by atoms with Crippen LogP contribution in [0.15, 0.2) is 0 Å². The molecule has 0 spiro atoms. The maximum atomic E-state index is 5.51. The Morgan fingerprint density at radius 1 is 1.75 bits per heavy atom. The fraction of sp³-hybridized carbons (Fsp3) is 1.00. The average molecular weight is 135 g/mol. The second-order valence-electron chi connectivity index (χ2n) is 1.79. The summed E-state index contributed by atoms with van der Waals surface area (Å²) in [4.78, 5) is 0. The Kier molecular flexibility index (Phi) is 2.59. The summed E-state index contributed by atoms with van der Waals surface area (Å²) in [5.41, 5.74) is 0. The summed E-state index contributed by atoms with van der Waals surface area (Å²) >= 11 is 5.51. The molecule has 0 N–H and O–H groups in total. The van der Waals surface area contributed by atoms with E-state index < -0.39 is 0 Å². The van der Waals surface area contributed by atoms with Gasteiger partial charge in [-0.2, -0.15) is 0 Å². The topological polar surface area (TPSA) is 23.3 Å². The van der Waals surface area contributed by atoms with Crippen LogP contribution in [0.2, 0.25) is 0 Å². The van der Waals surface area contributed by atoms with Gasteiger partial charge in [0.1, 0.15) is 0 Å². The van der Waals surface area contributed by atoms with E-state index in [9.17, 15) is 0 Å². The van der Waals surface area contributed by atoms with Gasteiger partial charge in [0.25, 0.3) is 0 Å². The second kappa shape index (κ2) is 3.28. The fourth-order valence-corrected chi connectivity index (χ4v) is 0.852. The average Bonchev–Trinajstić information content (AvgIpc) is 1.90. The number of nitrogens with zero attached hydrogens (tertiary/aromatic N) is 1. The molecule has 1 rings (SSSR count). The van der Waals surface area contributed by atoms with E-state index in [0.29, 0.717) is 12.5 Å². The van der Waals surface area contributed by atoms with Crippen LogP contribution in [0.1, 0.15) is 0 Å². The van der Waals surface area contributed by atoms with Crippen molar-refractivity contribution in [2.45, 2.75) is 6.04 Å². The summed E-state index contributed by atoms with van der Waals surface area (Å²) in [6.45, 7) is 2.30. The van der Waals surface area contributed by atoms with Crippen LogP contribution < -0.4 is 5.32 Å². The van der Waals surface area contributed by atoms with Crippen molar-refractivity contribution in [2.75, 3.05) is 25.6 Å². The summed E-state index contributed by atoms with van der Waals surface area (Å²) in [5.74, 6) is 0.597. The zero-order chi connectivity index (χ0) is 5.82. The van der Waals surface area contributed by atoms with Crippen LogP contribution in [-0.4, -0.2) is 31.7 Å². The molecule has 1 fully saturated rings. The molecule has 1 heterocycles. The Labute approximate surface area is 54.2 Å². The Morgan fingerprint density at radius 2 is 2.62 bits per heavy atom. The van der Waals surface area contributed by atoms with Gasteiger partial charge in [0.05, 0.1) is 19.3 Å². The highest BCUT2D eigenvalue weighted by molar-refractivity contribution is 6.18. The normalized spacial score (nSPS) is 30.4. The first-order valence-corrected chi connectivity index (χ1v) is 3.27. The van der Waals surface area contributed by atoms with Gasteiger partial charge < -0.3 is 4.74 Å². The lowest BCUT2D eigenvalue weighted by Gasteiger charge is -2.19. The van der Waals surface area contributed by atoms with Crippen molar-refractivity contribution in [1.29, 1.82) is 0 Å². The Hall–Kier alpha value is 0.210. The molecule has 0 aromatic heterocycles. The number of morpholine rings is 1. The van der Waals surface area contributed by atoms with Gasteiger partial charge in [0.2, 0.25) is 0 Å². The van der Waals surface area contributed by atoms with Crippen LogP contribution in [0.3, 0.4) is 0 Å². The lowest BCUT2D eigenvalue weighted by molar-refractivity contribution is 0.0811. The first-order chi connectivity index (χ1) is 3.93. The maximum absolute atomic E-state index is 5.51. The van der Waals surface area contributed by atoms with E-state index in [4.69, 9.17) is 16.3 Å². The molecule has 1 aliphatic heterocycles.